The summed E-state index contributed by atoms with van der Waals surface area (Å²) in [5.41, 5.74) is 2.25. The van der Waals surface area contributed by atoms with Crippen LogP contribution in [0.5, 0.6) is 5.75 Å². The van der Waals surface area contributed by atoms with E-state index < -0.39 is 10.0 Å². The van der Waals surface area contributed by atoms with Gasteiger partial charge < -0.3 is 10.1 Å². The lowest BCUT2D eigenvalue weighted by Gasteiger charge is -2.41. The molecule has 32 heavy (non-hydrogen) atoms. The summed E-state index contributed by atoms with van der Waals surface area (Å²) in [5.74, 6) is 0.751. The highest BCUT2D eigenvalue weighted by atomic mass is 32.2. The molecule has 174 valence electrons. The van der Waals surface area contributed by atoms with Gasteiger partial charge in [-0.1, -0.05) is 50.2 Å². The average Bonchev–Trinajstić information content (AvgIpc) is 2.76. The lowest BCUT2D eigenvalue weighted by Crippen LogP contribution is -2.44. The molecular formula is C25H34N2O4S. The van der Waals surface area contributed by atoms with Crippen molar-refractivity contribution in [2.24, 2.45) is 0 Å². The maximum Gasteiger partial charge on any atom is 0.232 e. The van der Waals surface area contributed by atoms with Crippen LogP contribution in [-0.4, -0.2) is 32.7 Å². The topological polar surface area (TPSA) is 75.7 Å². The number of benzene rings is 2. The summed E-state index contributed by atoms with van der Waals surface area (Å²) in [5, 5.41) is 3.18. The summed E-state index contributed by atoms with van der Waals surface area (Å²) in [6, 6.07) is 15.1. The van der Waals surface area contributed by atoms with E-state index in [1.807, 2.05) is 49.4 Å². The molecule has 6 nitrogen and oxygen atoms in total. The van der Waals surface area contributed by atoms with Crippen LogP contribution in [-0.2, 0) is 14.8 Å². The quantitative estimate of drug-likeness (QED) is 0.589. The van der Waals surface area contributed by atoms with Crippen molar-refractivity contribution in [2.45, 2.75) is 64.5 Å². The van der Waals surface area contributed by atoms with Crippen LogP contribution in [0.3, 0.4) is 0 Å². The minimum atomic E-state index is -3.44. The number of nitrogens with one attached hydrogen (secondary N) is 1. The number of fused-ring (bicyclic) bond motifs is 1. The number of hydrogen-bond donors (Lipinski definition) is 1. The van der Waals surface area contributed by atoms with Crippen molar-refractivity contribution in [1.82, 2.24) is 5.32 Å². The van der Waals surface area contributed by atoms with Gasteiger partial charge in [0.2, 0.25) is 15.9 Å². The van der Waals surface area contributed by atoms with E-state index in [-0.39, 0.29) is 30.5 Å². The standard InChI is InChI=1S/C25H34N2O4S/c1-5-25(6-2)18-21(20-13-8-10-15-23(20)31-25)26-24(28)16-11-17-27(32(4,29)30)22-14-9-7-12-19(22)3/h7-10,12-15,21H,5-6,11,16-18H2,1-4H3,(H,26,28). The molecule has 0 fully saturated rings. The van der Waals surface area contributed by atoms with E-state index in [1.54, 1.807) is 6.07 Å². The van der Waals surface area contributed by atoms with Gasteiger partial charge in [0, 0.05) is 24.9 Å². The molecule has 2 aromatic carbocycles. The van der Waals surface area contributed by atoms with Crippen LogP contribution in [0.15, 0.2) is 48.5 Å². The van der Waals surface area contributed by atoms with Gasteiger partial charge in [0.25, 0.3) is 0 Å². The zero-order valence-electron chi connectivity index (χ0n) is 19.4. The fourth-order valence-electron chi connectivity index (χ4n) is 4.39. The molecule has 1 amide bonds. The predicted molar refractivity (Wildman–Crippen MR) is 128 cm³/mol. The summed E-state index contributed by atoms with van der Waals surface area (Å²) in [6.07, 6.45) is 4.34. The summed E-state index contributed by atoms with van der Waals surface area (Å²) >= 11 is 0. The minimum Gasteiger partial charge on any atom is -0.487 e. The third kappa shape index (κ3) is 5.44. The Labute approximate surface area is 192 Å². The summed E-state index contributed by atoms with van der Waals surface area (Å²) in [7, 11) is -3.44. The van der Waals surface area contributed by atoms with E-state index in [1.165, 1.54) is 10.6 Å². The normalized spacial score (nSPS) is 17.2. The SMILES string of the molecule is CCC1(CC)CC(NC(=O)CCCN(c2ccccc2C)S(C)(=O)=O)c2ccccc2O1. The number of ether oxygens (including phenoxy) is 1. The van der Waals surface area contributed by atoms with Crippen molar-refractivity contribution >= 4 is 21.6 Å². The van der Waals surface area contributed by atoms with Gasteiger partial charge in [-0.25, -0.2) is 8.42 Å². The molecule has 0 saturated carbocycles. The molecule has 1 unspecified atom stereocenters. The number of sulfonamides is 1. The molecule has 0 spiro atoms. The Bertz CT molecular complexity index is 1050. The van der Waals surface area contributed by atoms with Gasteiger partial charge in [-0.15, -0.1) is 0 Å². The highest BCUT2D eigenvalue weighted by Crippen LogP contribution is 2.42. The van der Waals surface area contributed by atoms with Gasteiger partial charge in [0.1, 0.15) is 11.4 Å². The van der Waals surface area contributed by atoms with E-state index in [4.69, 9.17) is 4.74 Å². The molecule has 0 radical (unpaired) electrons. The average molecular weight is 459 g/mol. The first-order valence-electron chi connectivity index (χ1n) is 11.3. The maximum absolute atomic E-state index is 12.8. The number of hydrogen-bond acceptors (Lipinski definition) is 4. The monoisotopic (exact) mass is 458 g/mol. The molecule has 3 rings (SSSR count). The van der Waals surface area contributed by atoms with Crippen LogP contribution in [0.1, 0.15) is 63.1 Å². The largest absolute Gasteiger partial charge is 0.487 e. The summed E-state index contributed by atoms with van der Waals surface area (Å²) < 4.78 is 32.4. The van der Waals surface area contributed by atoms with Gasteiger partial charge >= 0.3 is 0 Å². The molecule has 0 bridgehead atoms. The highest BCUT2D eigenvalue weighted by Gasteiger charge is 2.38. The zero-order valence-corrected chi connectivity index (χ0v) is 20.2. The molecule has 0 aliphatic carbocycles. The molecule has 1 aliphatic rings. The Morgan fingerprint density at radius 2 is 1.78 bits per heavy atom. The molecule has 2 aromatic rings. The fraction of sp³-hybridized carbons (Fsp3) is 0.480. The third-order valence-corrected chi connectivity index (χ3v) is 7.55. The lowest BCUT2D eigenvalue weighted by molar-refractivity contribution is -0.122. The van der Waals surface area contributed by atoms with Crippen molar-refractivity contribution in [3.63, 3.8) is 0 Å². The zero-order chi connectivity index (χ0) is 23.4. The van der Waals surface area contributed by atoms with Crippen molar-refractivity contribution in [1.29, 1.82) is 0 Å². The number of carbonyl (C=O) groups excluding carboxylic acids is 1. The second kappa shape index (κ2) is 9.94. The van der Waals surface area contributed by atoms with Crippen molar-refractivity contribution in [3.05, 3.63) is 59.7 Å². The Kier molecular flexibility index (Phi) is 7.49. The molecule has 0 aromatic heterocycles. The fourth-order valence-corrected chi connectivity index (χ4v) is 5.41. The molecule has 1 N–H and O–H groups in total. The molecular weight excluding hydrogens is 424 g/mol. The van der Waals surface area contributed by atoms with Crippen LogP contribution in [0.2, 0.25) is 0 Å². The first kappa shape index (κ1) is 24.1. The van der Waals surface area contributed by atoms with E-state index in [9.17, 15) is 13.2 Å². The molecule has 0 saturated heterocycles. The Morgan fingerprint density at radius 3 is 2.44 bits per heavy atom. The summed E-state index contributed by atoms with van der Waals surface area (Å²) in [4.78, 5) is 12.8. The number of rotatable bonds is 9. The van der Waals surface area contributed by atoms with Crippen molar-refractivity contribution in [3.8, 4) is 5.75 Å². The van der Waals surface area contributed by atoms with Crippen molar-refractivity contribution < 1.29 is 17.9 Å². The number of carbonyl (C=O) groups is 1. The number of aryl methyl sites for hydroxylation is 1. The molecule has 1 aliphatic heterocycles. The van der Waals surface area contributed by atoms with Crippen molar-refractivity contribution in [2.75, 3.05) is 17.1 Å². The van der Waals surface area contributed by atoms with Crippen LogP contribution in [0.25, 0.3) is 0 Å². The Morgan fingerprint density at radius 1 is 1.12 bits per heavy atom. The number of anilines is 1. The Hall–Kier alpha value is -2.54. The van der Waals surface area contributed by atoms with Crippen LogP contribution in [0, 0.1) is 6.92 Å². The predicted octanol–water partition coefficient (Wildman–Crippen LogP) is 4.74. The molecule has 1 heterocycles. The van der Waals surface area contributed by atoms with Crippen LogP contribution in [0.4, 0.5) is 5.69 Å². The van der Waals surface area contributed by atoms with E-state index in [0.29, 0.717) is 12.1 Å². The first-order chi connectivity index (χ1) is 15.2. The van der Waals surface area contributed by atoms with Crippen LogP contribution < -0.4 is 14.4 Å². The number of nitrogens with zero attached hydrogens (tertiary/aromatic N) is 1. The highest BCUT2D eigenvalue weighted by molar-refractivity contribution is 7.92. The van der Waals surface area contributed by atoms with E-state index in [2.05, 4.69) is 19.2 Å². The van der Waals surface area contributed by atoms with Gasteiger partial charge in [0.05, 0.1) is 18.0 Å². The lowest BCUT2D eigenvalue weighted by atomic mass is 9.83. The molecule has 7 heteroatoms. The second-order valence-electron chi connectivity index (χ2n) is 8.58. The van der Waals surface area contributed by atoms with Crippen LogP contribution >= 0.6 is 0 Å². The van der Waals surface area contributed by atoms with Gasteiger partial charge in [0.15, 0.2) is 0 Å². The maximum atomic E-state index is 12.8. The second-order valence-corrected chi connectivity index (χ2v) is 10.5. The van der Waals surface area contributed by atoms with E-state index in [0.717, 1.165) is 36.1 Å². The smallest absolute Gasteiger partial charge is 0.232 e. The number of amides is 1. The Balaban J connectivity index is 1.67. The van der Waals surface area contributed by atoms with Gasteiger partial charge in [-0.05, 0) is 43.9 Å². The van der Waals surface area contributed by atoms with Gasteiger partial charge in [-0.2, -0.15) is 0 Å². The third-order valence-electron chi connectivity index (χ3n) is 6.37. The molecule has 1 atom stereocenters. The first-order valence-corrected chi connectivity index (χ1v) is 13.1. The minimum absolute atomic E-state index is 0.0777. The van der Waals surface area contributed by atoms with Gasteiger partial charge in [-0.3, -0.25) is 9.10 Å². The summed E-state index contributed by atoms with van der Waals surface area (Å²) in [6.45, 7) is 6.37. The number of para-hydroxylation sites is 2. The van der Waals surface area contributed by atoms with E-state index >= 15 is 0 Å².